The highest BCUT2D eigenvalue weighted by Gasteiger charge is 2.14. The van der Waals surface area contributed by atoms with Crippen LogP contribution in [-0.4, -0.2) is 34.4 Å². The van der Waals surface area contributed by atoms with Gasteiger partial charge < -0.3 is 5.32 Å². The number of hydrogen-bond acceptors (Lipinski definition) is 4. The van der Waals surface area contributed by atoms with Crippen molar-refractivity contribution in [3.8, 4) is 0 Å². The minimum absolute atomic E-state index is 0.172. The summed E-state index contributed by atoms with van der Waals surface area (Å²) in [5.41, 5.74) is 0.276. The summed E-state index contributed by atoms with van der Waals surface area (Å²) in [7, 11) is 0. The Labute approximate surface area is 136 Å². The third-order valence-electron chi connectivity index (χ3n) is 3.06. The molecular weight excluding hydrogens is 306 g/mol. The lowest BCUT2D eigenvalue weighted by Gasteiger charge is -2.09. The van der Waals surface area contributed by atoms with Gasteiger partial charge in [-0.05, 0) is 24.9 Å². The van der Waals surface area contributed by atoms with Gasteiger partial charge in [0, 0.05) is 12.5 Å². The summed E-state index contributed by atoms with van der Waals surface area (Å²) in [6.07, 6.45) is 8.20. The van der Waals surface area contributed by atoms with Crippen LogP contribution < -0.4 is 5.32 Å². The lowest BCUT2D eigenvalue weighted by Crippen LogP contribution is -2.26. The largest absolute Gasteiger partial charge is 0.351 e. The van der Waals surface area contributed by atoms with Gasteiger partial charge in [-0.1, -0.05) is 38.3 Å². The summed E-state index contributed by atoms with van der Waals surface area (Å²) < 4.78 is 0. The zero-order valence-corrected chi connectivity index (χ0v) is 14.6. The van der Waals surface area contributed by atoms with E-state index in [0.717, 1.165) is 12.8 Å². The van der Waals surface area contributed by atoms with Crippen LogP contribution in [0.25, 0.3) is 0 Å². The number of rotatable bonds is 9. The van der Waals surface area contributed by atoms with E-state index in [2.05, 4.69) is 21.5 Å². The molecule has 0 unspecified atom stereocenters. The van der Waals surface area contributed by atoms with Crippen molar-refractivity contribution in [2.75, 3.05) is 18.6 Å². The molecule has 0 saturated carbocycles. The molecule has 6 heteroatoms. The Morgan fingerprint density at radius 3 is 2.71 bits per heavy atom. The molecule has 0 aliphatic rings. The number of amides is 1. The van der Waals surface area contributed by atoms with Gasteiger partial charge in [-0.25, -0.2) is 9.97 Å². The van der Waals surface area contributed by atoms with Gasteiger partial charge in [-0.3, -0.25) is 4.79 Å². The molecule has 4 nitrogen and oxygen atoms in total. The average Bonchev–Trinajstić information content (AvgIpc) is 2.46. The van der Waals surface area contributed by atoms with Gasteiger partial charge in [-0.15, -0.1) is 0 Å². The predicted octanol–water partition coefficient (Wildman–Crippen LogP) is 3.91. The number of unbranched alkanes of at least 4 members (excludes halogenated alkanes) is 3. The summed E-state index contributed by atoms with van der Waals surface area (Å²) in [6, 6.07) is 0. The van der Waals surface area contributed by atoms with Crippen LogP contribution in [0.1, 0.15) is 61.8 Å². The monoisotopic (exact) mass is 329 g/mol. The first-order valence-electron chi connectivity index (χ1n) is 7.35. The van der Waals surface area contributed by atoms with Crippen LogP contribution in [-0.2, 0) is 0 Å². The Morgan fingerprint density at radius 1 is 1.33 bits per heavy atom. The van der Waals surface area contributed by atoms with Crippen LogP contribution in [0.5, 0.6) is 0 Å². The molecule has 1 aromatic heterocycles. The maximum atomic E-state index is 12.1. The van der Waals surface area contributed by atoms with E-state index in [4.69, 9.17) is 11.6 Å². The van der Waals surface area contributed by atoms with Gasteiger partial charge in [-0.2, -0.15) is 11.8 Å². The maximum absolute atomic E-state index is 12.1. The van der Waals surface area contributed by atoms with Crippen molar-refractivity contribution in [2.45, 2.75) is 45.4 Å². The van der Waals surface area contributed by atoms with Gasteiger partial charge in [0.05, 0.1) is 11.2 Å². The Morgan fingerprint density at radius 2 is 2.05 bits per heavy atom. The van der Waals surface area contributed by atoms with Gasteiger partial charge in [0.25, 0.3) is 5.91 Å². The average molecular weight is 330 g/mol. The number of carbonyl (C=O) groups excluding carboxylic acids is 1. The predicted molar refractivity (Wildman–Crippen MR) is 90.3 cm³/mol. The third-order valence-corrected chi connectivity index (χ3v) is 4.03. The molecule has 1 amide bonds. The van der Waals surface area contributed by atoms with Crippen molar-refractivity contribution in [3.63, 3.8) is 0 Å². The fraction of sp³-hybridized carbons (Fsp3) is 0.667. The lowest BCUT2D eigenvalue weighted by atomic mass is 10.2. The molecular formula is C15H24ClN3OS. The van der Waals surface area contributed by atoms with Crippen LogP contribution in [0, 0.1) is 0 Å². The first-order chi connectivity index (χ1) is 10.1. The van der Waals surface area contributed by atoms with E-state index in [1.54, 1.807) is 0 Å². The van der Waals surface area contributed by atoms with Crippen molar-refractivity contribution in [3.05, 3.63) is 22.7 Å². The van der Waals surface area contributed by atoms with Crippen molar-refractivity contribution < 1.29 is 4.79 Å². The maximum Gasteiger partial charge on any atom is 0.271 e. The van der Waals surface area contributed by atoms with E-state index >= 15 is 0 Å². The summed E-state index contributed by atoms with van der Waals surface area (Å²) in [5.74, 6) is 1.81. The second-order valence-electron chi connectivity index (χ2n) is 5.24. The summed E-state index contributed by atoms with van der Waals surface area (Å²) in [4.78, 5) is 20.5. The van der Waals surface area contributed by atoms with Gasteiger partial charge in [0.2, 0.25) is 0 Å². The molecule has 0 fully saturated rings. The summed E-state index contributed by atoms with van der Waals surface area (Å²) in [5, 5.41) is 3.18. The van der Waals surface area contributed by atoms with Gasteiger partial charge >= 0.3 is 0 Å². The van der Waals surface area contributed by atoms with E-state index in [-0.39, 0.29) is 17.5 Å². The highest BCUT2D eigenvalue weighted by molar-refractivity contribution is 7.98. The molecule has 0 aromatic carbocycles. The lowest BCUT2D eigenvalue weighted by molar-refractivity contribution is 0.0947. The molecule has 0 saturated heterocycles. The number of halogens is 1. The number of nitrogens with one attached hydrogen (secondary N) is 1. The Hall–Kier alpha value is -0.810. The third kappa shape index (κ3) is 6.66. The van der Waals surface area contributed by atoms with E-state index in [1.165, 1.54) is 24.8 Å². The van der Waals surface area contributed by atoms with Crippen LogP contribution >= 0.6 is 23.4 Å². The Bertz CT molecular complexity index is 455. The first kappa shape index (κ1) is 18.2. The summed E-state index contributed by atoms with van der Waals surface area (Å²) >= 11 is 7.88. The second kappa shape index (κ2) is 10.0. The van der Waals surface area contributed by atoms with E-state index in [1.807, 2.05) is 25.6 Å². The Balaban J connectivity index is 2.40. The molecule has 0 spiro atoms. The smallest absolute Gasteiger partial charge is 0.271 e. The molecule has 21 heavy (non-hydrogen) atoms. The number of thioether (sulfide) groups is 1. The SMILES string of the molecule is CSCCCCCCNC(=O)c1nc(C(C)C)ncc1Cl. The molecule has 0 aliphatic carbocycles. The number of aromatic nitrogens is 2. The molecule has 0 bridgehead atoms. The molecule has 1 N–H and O–H groups in total. The molecule has 0 aliphatic heterocycles. The molecule has 1 rings (SSSR count). The van der Waals surface area contributed by atoms with Gasteiger partial charge in [0.15, 0.2) is 0 Å². The minimum atomic E-state index is -0.214. The zero-order chi connectivity index (χ0) is 15.7. The van der Waals surface area contributed by atoms with Crippen molar-refractivity contribution in [1.82, 2.24) is 15.3 Å². The van der Waals surface area contributed by atoms with Crippen LogP contribution in [0.2, 0.25) is 5.02 Å². The van der Waals surface area contributed by atoms with Crippen molar-refractivity contribution in [2.24, 2.45) is 0 Å². The summed E-state index contributed by atoms with van der Waals surface area (Å²) in [6.45, 7) is 4.63. The fourth-order valence-corrected chi connectivity index (χ4v) is 2.50. The standard InChI is InChI=1S/C15H24ClN3OS/c1-11(2)14-18-10-12(16)13(19-14)15(20)17-8-6-4-5-7-9-21-3/h10-11H,4-9H2,1-3H3,(H,17,20). The Kier molecular flexibility index (Phi) is 8.69. The van der Waals surface area contributed by atoms with Gasteiger partial charge in [0.1, 0.15) is 11.5 Å². The number of carbonyl (C=O) groups is 1. The molecule has 0 atom stereocenters. The quantitative estimate of drug-likeness (QED) is 0.698. The molecule has 118 valence electrons. The number of hydrogen-bond donors (Lipinski definition) is 1. The van der Waals surface area contributed by atoms with Crippen LogP contribution in [0.15, 0.2) is 6.20 Å². The molecule has 1 aromatic rings. The normalized spacial score (nSPS) is 10.9. The minimum Gasteiger partial charge on any atom is -0.351 e. The highest BCUT2D eigenvalue weighted by Crippen LogP contribution is 2.16. The zero-order valence-electron chi connectivity index (χ0n) is 13.0. The van der Waals surface area contributed by atoms with E-state index in [0.29, 0.717) is 17.4 Å². The van der Waals surface area contributed by atoms with Crippen molar-refractivity contribution in [1.29, 1.82) is 0 Å². The van der Waals surface area contributed by atoms with E-state index in [9.17, 15) is 4.79 Å². The topological polar surface area (TPSA) is 54.9 Å². The fourth-order valence-electron chi connectivity index (χ4n) is 1.83. The first-order valence-corrected chi connectivity index (χ1v) is 9.13. The van der Waals surface area contributed by atoms with E-state index < -0.39 is 0 Å². The van der Waals surface area contributed by atoms with Crippen molar-refractivity contribution >= 4 is 29.3 Å². The van der Waals surface area contributed by atoms with Crippen LogP contribution in [0.3, 0.4) is 0 Å². The second-order valence-corrected chi connectivity index (χ2v) is 6.64. The molecule has 1 heterocycles. The highest BCUT2D eigenvalue weighted by atomic mass is 35.5. The number of nitrogens with zero attached hydrogens (tertiary/aromatic N) is 2. The van der Waals surface area contributed by atoms with Crippen LogP contribution in [0.4, 0.5) is 0 Å². The molecule has 0 radical (unpaired) electrons.